The number of hydrogen-bond acceptors (Lipinski definition) is 2. The molecule has 0 saturated carbocycles. The maximum atomic E-state index is 12.6. The van der Waals surface area contributed by atoms with Gasteiger partial charge in [-0.05, 0) is 31.0 Å². The molecule has 19 heavy (non-hydrogen) atoms. The van der Waals surface area contributed by atoms with Gasteiger partial charge in [-0.3, -0.25) is 9.07 Å². The zero-order valence-electron chi connectivity index (χ0n) is 10.2. The minimum atomic E-state index is -4.44. The summed E-state index contributed by atoms with van der Waals surface area (Å²) in [6, 6.07) is 4.59. The third-order valence-electron chi connectivity index (χ3n) is 2.64. The lowest BCUT2D eigenvalue weighted by molar-refractivity contribution is -0.141. The molecule has 0 radical (unpaired) electrons. The predicted octanol–water partition coefficient (Wildman–Crippen LogP) is 4.07. The normalized spacial score (nSPS) is 12.1. The molecule has 0 bridgehead atoms. The van der Waals surface area contributed by atoms with E-state index in [0.717, 1.165) is 10.9 Å². The van der Waals surface area contributed by atoms with Crippen LogP contribution in [0.5, 0.6) is 0 Å². The van der Waals surface area contributed by atoms with E-state index in [1.165, 1.54) is 23.1 Å². The summed E-state index contributed by atoms with van der Waals surface area (Å²) in [6.45, 7) is -0.392. The number of hydrogen-bond donors (Lipinski definition) is 0. The lowest BCUT2D eigenvalue weighted by Gasteiger charge is -1.98. The van der Waals surface area contributed by atoms with Crippen molar-refractivity contribution in [2.45, 2.75) is 19.0 Å². The van der Waals surface area contributed by atoms with E-state index in [2.05, 4.69) is 5.10 Å². The summed E-state index contributed by atoms with van der Waals surface area (Å²) < 4.78 is 51.0. The van der Waals surface area contributed by atoms with Crippen molar-refractivity contribution in [3.63, 3.8) is 0 Å². The molecule has 7 heteroatoms. The molecule has 0 unspecified atom stereocenters. The Bertz CT molecular complexity index is 556. The van der Waals surface area contributed by atoms with Crippen LogP contribution in [0, 0.1) is 0 Å². The van der Waals surface area contributed by atoms with Crippen LogP contribution in [0.25, 0.3) is 10.6 Å². The topological polar surface area (TPSA) is 17.8 Å². The molecule has 0 aliphatic rings. The molecule has 2 heterocycles. The van der Waals surface area contributed by atoms with Gasteiger partial charge in [0, 0.05) is 11.9 Å². The fourth-order valence-electron chi connectivity index (χ4n) is 1.73. The quantitative estimate of drug-likeness (QED) is 0.777. The molecule has 0 spiro atoms. The molecule has 0 fully saturated rings. The van der Waals surface area contributed by atoms with Gasteiger partial charge in [-0.2, -0.15) is 18.3 Å². The average Bonchev–Trinajstić information content (AvgIpc) is 2.91. The molecule has 104 valence electrons. The number of aromatic nitrogens is 2. The van der Waals surface area contributed by atoms with Gasteiger partial charge in [0.2, 0.25) is 0 Å². The van der Waals surface area contributed by atoms with Crippen molar-refractivity contribution in [1.29, 1.82) is 0 Å². The molecule has 2 aromatic heterocycles. The fraction of sp³-hybridized carbons (Fsp3) is 0.417. The first-order valence-corrected chi connectivity index (χ1v) is 6.49. The van der Waals surface area contributed by atoms with Crippen LogP contribution in [0.2, 0.25) is 0 Å². The summed E-state index contributed by atoms with van der Waals surface area (Å²) in [4.78, 5) is 1.67. The molecule has 0 N–H and O–H groups in total. The summed E-state index contributed by atoms with van der Waals surface area (Å²) in [5.74, 6) is 0. The first-order chi connectivity index (χ1) is 8.91. The van der Waals surface area contributed by atoms with Crippen molar-refractivity contribution in [2.75, 3.05) is 6.67 Å². The molecule has 2 aromatic rings. The van der Waals surface area contributed by atoms with Crippen molar-refractivity contribution in [3.8, 4) is 10.6 Å². The standard InChI is InChI=1S/C12H12F4N2S/c1-18-9(7-11(17-18)12(14,15)16)10-5-4-8(19-10)3-2-6-13/h4-5,7H,2-3,6H2,1H3. The van der Waals surface area contributed by atoms with Gasteiger partial charge in [0.25, 0.3) is 0 Å². The summed E-state index contributed by atoms with van der Waals surface area (Å²) in [7, 11) is 1.48. The SMILES string of the molecule is Cn1nc(C(F)(F)F)cc1-c1ccc(CCCF)s1. The van der Waals surface area contributed by atoms with Gasteiger partial charge in [-0.1, -0.05) is 0 Å². The van der Waals surface area contributed by atoms with Crippen LogP contribution in [0.1, 0.15) is 17.0 Å². The van der Waals surface area contributed by atoms with Crippen LogP contribution in [0.3, 0.4) is 0 Å². The molecular formula is C12H12F4N2S. The Morgan fingerprint density at radius 1 is 1.32 bits per heavy atom. The minimum absolute atomic E-state index is 0.392. The van der Waals surface area contributed by atoms with E-state index < -0.39 is 18.5 Å². The number of thiophene rings is 1. The Morgan fingerprint density at radius 2 is 2.05 bits per heavy atom. The molecule has 0 aliphatic carbocycles. The average molecular weight is 292 g/mol. The smallest absolute Gasteiger partial charge is 0.267 e. The Balaban J connectivity index is 2.26. The van der Waals surface area contributed by atoms with E-state index >= 15 is 0 Å². The minimum Gasteiger partial charge on any atom is -0.267 e. The number of aryl methyl sites for hydroxylation is 2. The zero-order valence-corrected chi connectivity index (χ0v) is 11.0. The highest BCUT2D eigenvalue weighted by Crippen LogP contribution is 2.34. The van der Waals surface area contributed by atoms with Gasteiger partial charge in [0.05, 0.1) is 17.2 Å². The highest BCUT2D eigenvalue weighted by Gasteiger charge is 2.34. The van der Waals surface area contributed by atoms with Gasteiger partial charge < -0.3 is 0 Å². The molecule has 0 aromatic carbocycles. The Hall–Kier alpha value is -1.37. The zero-order chi connectivity index (χ0) is 14.0. The number of nitrogens with zero attached hydrogens (tertiary/aromatic N) is 2. The van der Waals surface area contributed by atoms with Gasteiger partial charge in [-0.25, -0.2) is 0 Å². The summed E-state index contributed by atoms with van der Waals surface area (Å²) in [5.41, 5.74) is -0.479. The van der Waals surface area contributed by atoms with Crippen molar-refractivity contribution < 1.29 is 17.6 Å². The van der Waals surface area contributed by atoms with Gasteiger partial charge in [0.1, 0.15) is 0 Å². The monoisotopic (exact) mass is 292 g/mol. The van der Waals surface area contributed by atoms with Crippen molar-refractivity contribution in [3.05, 3.63) is 28.8 Å². The fourth-order valence-corrected chi connectivity index (χ4v) is 2.82. The first kappa shape index (κ1) is 14.0. The van der Waals surface area contributed by atoms with Crippen molar-refractivity contribution in [1.82, 2.24) is 9.78 Å². The van der Waals surface area contributed by atoms with E-state index in [-0.39, 0.29) is 0 Å². The largest absolute Gasteiger partial charge is 0.435 e. The second-order valence-electron chi connectivity index (χ2n) is 4.09. The van der Waals surface area contributed by atoms with Crippen molar-refractivity contribution >= 4 is 11.3 Å². The first-order valence-electron chi connectivity index (χ1n) is 5.68. The van der Waals surface area contributed by atoms with Gasteiger partial charge >= 0.3 is 6.18 Å². The number of rotatable bonds is 4. The molecule has 0 atom stereocenters. The second-order valence-corrected chi connectivity index (χ2v) is 5.26. The molecule has 0 saturated heterocycles. The van der Waals surface area contributed by atoms with E-state index in [1.807, 2.05) is 6.07 Å². The van der Waals surface area contributed by atoms with Crippen LogP contribution in [-0.4, -0.2) is 16.5 Å². The maximum absolute atomic E-state index is 12.6. The number of halogens is 4. The summed E-state index contributed by atoms with van der Waals surface area (Å²) in [5, 5.41) is 3.47. The third-order valence-corrected chi connectivity index (χ3v) is 3.81. The van der Waals surface area contributed by atoms with E-state index in [4.69, 9.17) is 0 Å². The summed E-state index contributed by atoms with van der Waals surface area (Å²) >= 11 is 1.37. The van der Waals surface area contributed by atoms with Gasteiger partial charge in [0.15, 0.2) is 5.69 Å². The molecule has 2 nitrogen and oxygen atoms in total. The van der Waals surface area contributed by atoms with Crippen LogP contribution in [0.4, 0.5) is 17.6 Å². The van der Waals surface area contributed by atoms with E-state index in [9.17, 15) is 17.6 Å². The Morgan fingerprint density at radius 3 is 2.63 bits per heavy atom. The highest BCUT2D eigenvalue weighted by atomic mass is 32.1. The Labute approximate surface area is 111 Å². The third kappa shape index (κ3) is 3.15. The van der Waals surface area contributed by atoms with E-state index in [1.54, 1.807) is 6.07 Å². The van der Waals surface area contributed by atoms with E-state index in [0.29, 0.717) is 23.4 Å². The number of alkyl halides is 4. The predicted molar refractivity (Wildman–Crippen MR) is 65.8 cm³/mol. The van der Waals surface area contributed by atoms with Gasteiger partial charge in [-0.15, -0.1) is 11.3 Å². The molecular weight excluding hydrogens is 280 g/mol. The van der Waals surface area contributed by atoms with Crippen molar-refractivity contribution in [2.24, 2.45) is 7.05 Å². The molecule has 0 amide bonds. The van der Waals surface area contributed by atoms with Crippen LogP contribution >= 0.6 is 11.3 Å². The summed E-state index contributed by atoms with van der Waals surface area (Å²) in [6.07, 6.45) is -3.41. The van der Waals surface area contributed by atoms with Crippen LogP contribution in [0.15, 0.2) is 18.2 Å². The molecule has 0 aliphatic heterocycles. The van der Waals surface area contributed by atoms with Crippen LogP contribution < -0.4 is 0 Å². The highest BCUT2D eigenvalue weighted by molar-refractivity contribution is 7.15. The lowest BCUT2D eigenvalue weighted by atomic mass is 10.2. The Kier molecular flexibility index (Phi) is 3.93. The van der Waals surface area contributed by atoms with Crippen LogP contribution in [-0.2, 0) is 19.6 Å². The lowest BCUT2D eigenvalue weighted by Crippen LogP contribution is -2.06. The molecule has 2 rings (SSSR count). The maximum Gasteiger partial charge on any atom is 0.435 e. The second kappa shape index (κ2) is 5.32.